The Bertz CT molecular complexity index is 1030. The molecule has 0 spiro atoms. The smallest absolute Gasteiger partial charge is 0.357 e. The van der Waals surface area contributed by atoms with Crippen LogP contribution in [0.3, 0.4) is 0 Å². The van der Waals surface area contributed by atoms with Gasteiger partial charge >= 0.3 is 5.97 Å². The molecule has 3 rings (SSSR count). The number of anilines is 1. The van der Waals surface area contributed by atoms with E-state index in [9.17, 15) is 19.7 Å². The fourth-order valence-corrected chi connectivity index (χ4v) is 2.40. The van der Waals surface area contributed by atoms with Crippen molar-refractivity contribution in [3.05, 3.63) is 76.5 Å². The van der Waals surface area contributed by atoms with Crippen molar-refractivity contribution in [3.63, 3.8) is 0 Å². The fraction of sp³-hybridized carbons (Fsp3) is 0.105. The monoisotopic (exact) mass is 365 g/mol. The largest absolute Gasteiger partial charge is 0.448 e. The number of ether oxygens (including phenoxy) is 1. The van der Waals surface area contributed by atoms with Gasteiger partial charge in [0.2, 0.25) is 0 Å². The maximum absolute atomic E-state index is 12.2. The summed E-state index contributed by atoms with van der Waals surface area (Å²) in [5.74, 6) is -1.34. The SMILES string of the molecule is CC(OC(=O)c1ccc2ccccc2n1)C(=O)Nc1cccc([N+](=O)[O-])c1. The highest BCUT2D eigenvalue weighted by Gasteiger charge is 2.20. The van der Waals surface area contributed by atoms with E-state index in [0.29, 0.717) is 5.52 Å². The van der Waals surface area contributed by atoms with E-state index in [1.807, 2.05) is 12.1 Å². The Hall–Kier alpha value is -3.81. The third-order valence-corrected chi connectivity index (χ3v) is 3.79. The Morgan fingerprint density at radius 2 is 1.89 bits per heavy atom. The van der Waals surface area contributed by atoms with Gasteiger partial charge in [0.25, 0.3) is 11.6 Å². The number of esters is 1. The summed E-state index contributed by atoms with van der Waals surface area (Å²) in [6.45, 7) is 1.41. The summed E-state index contributed by atoms with van der Waals surface area (Å²) in [7, 11) is 0. The highest BCUT2D eigenvalue weighted by molar-refractivity contribution is 5.97. The predicted octanol–water partition coefficient (Wildman–Crippen LogP) is 3.33. The van der Waals surface area contributed by atoms with E-state index in [0.717, 1.165) is 5.39 Å². The van der Waals surface area contributed by atoms with Crippen LogP contribution in [0.2, 0.25) is 0 Å². The fourth-order valence-electron chi connectivity index (χ4n) is 2.40. The number of nitro groups is 1. The second kappa shape index (κ2) is 7.61. The van der Waals surface area contributed by atoms with Crippen molar-refractivity contribution in [2.24, 2.45) is 0 Å². The first kappa shape index (κ1) is 18.0. The predicted molar refractivity (Wildman–Crippen MR) is 98.3 cm³/mol. The van der Waals surface area contributed by atoms with Gasteiger partial charge in [-0.15, -0.1) is 0 Å². The van der Waals surface area contributed by atoms with Gasteiger partial charge in [-0.3, -0.25) is 14.9 Å². The Morgan fingerprint density at radius 3 is 2.67 bits per heavy atom. The van der Waals surface area contributed by atoms with Crippen LogP contribution < -0.4 is 5.32 Å². The molecule has 1 heterocycles. The number of rotatable bonds is 5. The highest BCUT2D eigenvalue weighted by atomic mass is 16.6. The molecule has 0 bridgehead atoms. The zero-order valence-corrected chi connectivity index (χ0v) is 14.3. The van der Waals surface area contributed by atoms with Crippen molar-refractivity contribution in [2.45, 2.75) is 13.0 Å². The summed E-state index contributed by atoms with van der Waals surface area (Å²) < 4.78 is 5.15. The first-order valence-corrected chi connectivity index (χ1v) is 8.06. The van der Waals surface area contributed by atoms with Crippen molar-refractivity contribution >= 4 is 34.2 Å². The molecule has 0 saturated heterocycles. The molecule has 3 aromatic rings. The average Bonchev–Trinajstić information content (AvgIpc) is 2.67. The number of nitrogens with zero attached hydrogens (tertiary/aromatic N) is 2. The maximum Gasteiger partial charge on any atom is 0.357 e. The maximum atomic E-state index is 12.2. The second-order valence-electron chi connectivity index (χ2n) is 5.73. The van der Waals surface area contributed by atoms with Crippen molar-refractivity contribution in [3.8, 4) is 0 Å². The van der Waals surface area contributed by atoms with Crippen LogP contribution in [-0.2, 0) is 9.53 Å². The Morgan fingerprint density at radius 1 is 1.11 bits per heavy atom. The molecule has 2 aromatic carbocycles. The number of benzene rings is 2. The van der Waals surface area contributed by atoms with E-state index in [4.69, 9.17) is 4.74 Å². The number of para-hydroxylation sites is 1. The van der Waals surface area contributed by atoms with E-state index >= 15 is 0 Å². The first-order chi connectivity index (χ1) is 12.9. The number of pyridine rings is 1. The number of nitro benzene ring substituents is 1. The van der Waals surface area contributed by atoms with E-state index in [2.05, 4.69) is 10.3 Å². The van der Waals surface area contributed by atoms with Crippen molar-refractivity contribution in [1.29, 1.82) is 0 Å². The van der Waals surface area contributed by atoms with Crippen molar-refractivity contribution < 1.29 is 19.2 Å². The first-order valence-electron chi connectivity index (χ1n) is 8.06. The van der Waals surface area contributed by atoms with E-state index < -0.39 is 22.9 Å². The molecule has 1 N–H and O–H groups in total. The van der Waals surface area contributed by atoms with Gasteiger partial charge in [-0.05, 0) is 25.1 Å². The molecule has 0 fully saturated rings. The Kier molecular flexibility index (Phi) is 5.07. The molecule has 27 heavy (non-hydrogen) atoms. The lowest BCUT2D eigenvalue weighted by Crippen LogP contribution is -2.30. The van der Waals surface area contributed by atoms with Gasteiger partial charge in [-0.1, -0.05) is 30.3 Å². The van der Waals surface area contributed by atoms with Gasteiger partial charge in [0.1, 0.15) is 5.69 Å². The number of carbonyl (C=O) groups is 2. The number of hydrogen-bond donors (Lipinski definition) is 1. The average molecular weight is 365 g/mol. The van der Waals surface area contributed by atoms with Crippen molar-refractivity contribution in [2.75, 3.05) is 5.32 Å². The van der Waals surface area contributed by atoms with E-state index in [1.54, 1.807) is 18.2 Å². The number of carbonyl (C=O) groups excluding carboxylic acids is 2. The summed E-state index contributed by atoms with van der Waals surface area (Å²) in [6.07, 6.45) is -1.11. The molecule has 8 heteroatoms. The molecule has 0 aliphatic rings. The van der Waals surface area contributed by atoms with Crippen LogP contribution in [-0.4, -0.2) is 27.9 Å². The van der Waals surface area contributed by atoms with Gasteiger partial charge in [-0.2, -0.15) is 0 Å². The van der Waals surface area contributed by atoms with E-state index in [1.165, 1.54) is 37.3 Å². The summed E-state index contributed by atoms with van der Waals surface area (Å²) in [4.78, 5) is 38.9. The number of hydrogen-bond acceptors (Lipinski definition) is 6. The van der Waals surface area contributed by atoms with Crippen LogP contribution in [0.25, 0.3) is 10.9 Å². The molecular weight excluding hydrogens is 350 g/mol. The number of aromatic nitrogens is 1. The Labute approximate surface area is 153 Å². The van der Waals surface area contributed by atoms with Crippen LogP contribution in [0.15, 0.2) is 60.7 Å². The molecule has 1 aromatic heterocycles. The third-order valence-electron chi connectivity index (χ3n) is 3.79. The van der Waals surface area contributed by atoms with Gasteiger partial charge < -0.3 is 10.1 Å². The minimum Gasteiger partial charge on any atom is -0.448 e. The van der Waals surface area contributed by atoms with Gasteiger partial charge in [0.05, 0.1) is 10.4 Å². The summed E-state index contributed by atoms with van der Waals surface area (Å²) in [6, 6.07) is 16.1. The summed E-state index contributed by atoms with van der Waals surface area (Å²) in [5.41, 5.74) is 0.808. The normalized spacial score (nSPS) is 11.6. The lowest BCUT2D eigenvalue weighted by atomic mass is 10.2. The molecule has 0 aliphatic heterocycles. The molecule has 1 unspecified atom stereocenters. The number of nitrogens with one attached hydrogen (secondary N) is 1. The second-order valence-corrected chi connectivity index (χ2v) is 5.73. The van der Waals surface area contributed by atoms with Gasteiger partial charge in [0, 0.05) is 23.2 Å². The van der Waals surface area contributed by atoms with Gasteiger partial charge in [-0.25, -0.2) is 9.78 Å². The lowest BCUT2D eigenvalue weighted by Gasteiger charge is -2.13. The number of amides is 1. The third kappa shape index (κ3) is 4.24. The standard InChI is InChI=1S/C19H15N3O5/c1-12(18(23)20-14-6-4-7-15(11-14)22(25)26)27-19(24)17-10-9-13-5-2-3-8-16(13)21-17/h2-12H,1H3,(H,20,23). The van der Waals surface area contributed by atoms with Crippen LogP contribution in [0, 0.1) is 10.1 Å². The van der Waals surface area contributed by atoms with Crippen molar-refractivity contribution in [1.82, 2.24) is 4.98 Å². The topological polar surface area (TPSA) is 111 Å². The zero-order valence-electron chi connectivity index (χ0n) is 14.3. The summed E-state index contributed by atoms with van der Waals surface area (Å²) in [5, 5.41) is 14.1. The molecule has 136 valence electrons. The molecule has 1 atom stereocenters. The zero-order chi connectivity index (χ0) is 19.4. The van der Waals surface area contributed by atoms with Crippen LogP contribution >= 0.6 is 0 Å². The van der Waals surface area contributed by atoms with Crippen LogP contribution in [0.5, 0.6) is 0 Å². The van der Waals surface area contributed by atoms with Crippen LogP contribution in [0.4, 0.5) is 11.4 Å². The minimum atomic E-state index is -1.11. The van der Waals surface area contributed by atoms with E-state index in [-0.39, 0.29) is 17.1 Å². The van der Waals surface area contributed by atoms with Crippen LogP contribution in [0.1, 0.15) is 17.4 Å². The molecular formula is C19H15N3O5. The molecule has 1 amide bonds. The minimum absolute atomic E-state index is 0.0868. The number of fused-ring (bicyclic) bond motifs is 1. The Balaban J connectivity index is 1.67. The molecule has 8 nitrogen and oxygen atoms in total. The molecule has 0 aliphatic carbocycles. The summed E-state index contributed by atoms with van der Waals surface area (Å²) >= 11 is 0. The quantitative estimate of drug-likeness (QED) is 0.422. The van der Waals surface area contributed by atoms with Gasteiger partial charge in [0.15, 0.2) is 6.10 Å². The highest BCUT2D eigenvalue weighted by Crippen LogP contribution is 2.18. The number of non-ortho nitro benzene ring substituents is 1. The molecule has 0 radical (unpaired) electrons. The molecule has 0 saturated carbocycles. The lowest BCUT2D eigenvalue weighted by molar-refractivity contribution is -0.384.